The average molecular weight is 457 g/mol. The first-order valence-electron chi connectivity index (χ1n) is 9.95. The standard InChI is InChI=1S/C26H20N2O2S2/c29-25(19-7-3-1-4-8-19)27-21-11-15-23(16-12-21)31-32-24-17-13-22(14-18-24)28-26(30)20-9-5-2-6-10-20/h1-18H,(H,27,29)(H,28,30). The van der Waals surface area contributed by atoms with Gasteiger partial charge in [-0.25, -0.2) is 0 Å². The van der Waals surface area contributed by atoms with Crippen molar-refractivity contribution in [3.63, 3.8) is 0 Å². The molecule has 0 aliphatic rings. The van der Waals surface area contributed by atoms with Gasteiger partial charge in [0.05, 0.1) is 0 Å². The van der Waals surface area contributed by atoms with Crippen molar-refractivity contribution in [3.05, 3.63) is 120 Å². The van der Waals surface area contributed by atoms with E-state index in [1.807, 2.05) is 84.9 Å². The van der Waals surface area contributed by atoms with Gasteiger partial charge in [0.15, 0.2) is 0 Å². The summed E-state index contributed by atoms with van der Waals surface area (Å²) in [5.74, 6) is -0.250. The Hall–Kier alpha value is -3.48. The highest BCUT2D eigenvalue weighted by Gasteiger charge is 2.07. The molecule has 0 aromatic heterocycles. The number of hydrogen-bond acceptors (Lipinski definition) is 4. The van der Waals surface area contributed by atoms with Gasteiger partial charge in [0.1, 0.15) is 0 Å². The van der Waals surface area contributed by atoms with E-state index in [4.69, 9.17) is 0 Å². The Kier molecular flexibility index (Phi) is 7.27. The minimum Gasteiger partial charge on any atom is -0.322 e. The van der Waals surface area contributed by atoms with Crippen molar-refractivity contribution in [2.24, 2.45) is 0 Å². The predicted molar refractivity (Wildman–Crippen MR) is 133 cm³/mol. The van der Waals surface area contributed by atoms with Gasteiger partial charge in [0.25, 0.3) is 11.8 Å². The van der Waals surface area contributed by atoms with E-state index in [1.165, 1.54) is 0 Å². The van der Waals surface area contributed by atoms with Crippen LogP contribution in [-0.4, -0.2) is 11.8 Å². The van der Waals surface area contributed by atoms with Crippen molar-refractivity contribution >= 4 is 44.8 Å². The van der Waals surface area contributed by atoms with Gasteiger partial charge in [-0.05, 0) is 72.8 Å². The Morgan fingerprint density at radius 2 is 0.812 bits per heavy atom. The van der Waals surface area contributed by atoms with E-state index < -0.39 is 0 Å². The number of amides is 2. The van der Waals surface area contributed by atoms with E-state index in [1.54, 1.807) is 45.9 Å². The SMILES string of the molecule is O=C(Nc1ccc(SSc2ccc(NC(=O)c3ccccc3)cc2)cc1)c1ccccc1. The molecule has 4 aromatic carbocycles. The molecule has 0 saturated heterocycles. The van der Waals surface area contributed by atoms with E-state index in [-0.39, 0.29) is 11.8 Å². The molecule has 0 heterocycles. The van der Waals surface area contributed by atoms with Gasteiger partial charge in [-0.3, -0.25) is 9.59 Å². The highest BCUT2D eigenvalue weighted by Crippen LogP contribution is 2.38. The van der Waals surface area contributed by atoms with Crippen LogP contribution in [0.1, 0.15) is 20.7 Å². The summed E-state index contributed by atoms with van der Waals surface area (Å²) in [5, 5.41) is 5.81. The topological polar surface area (TPSA) is 58.2 Å². The molecule has 2 N–H and O–H groups in total. The number of benzene rings is 4. The quantitative estimate of drug-likeness (QED) is 0.294. The fraction of sp³-hybridized carbons (Fsp3) is 0. The maximum absolute atomic E-state index is 12.2. The third kappa shape index (κ3) is 6.03. The van der Waals surface area contributed by atoms with Crippen LogP contribution >= 0.6 is 21.6 Å². The lowest BCUT2D eigenvalue weighted by atomic mass is 10.2. The largest absolute Gasteiger partial charge is 0.322 e. The second kappa shape index (κ2) is 10.7. The Morgan fingerprint density at radius 3 is 1.16 bits per heavy atom. The van der Waals surface area contributed by atoms with Crippen molar-refractivity contribution in [2.75, 3.05) is 10.6 Å². The first-order chi connectivity index (χ1) is 15.7. The summed E-state index contributed by atoms with van der Waals surface area (Å²) < 4.78 is 0. The summed E-state index contributed by atoms with van der Waals surface area (Å²) in [5.41, 5.74) is 2.77. The van der Waals surface area contributed by atoms with Crippen LogP contribution in [0.15, 0.2) is 119 Å². The molecule has 4 rings (SSSR count). The number of rotatable bonds is 7. The fourth-order valence-corrected chi connectivity index (χ4v) is 4.80. The second-order valence-corrected chi connectivity index (χ2v) is 9.13. The zero-order valence-corrected chi connectivity index (χ0v) is 18.7. The molecule has 6 heteroatoms. The monoisotopic (exact) mass is 456 g/mol. The smallest absolute Gasteiger partial charge is 0.255 e. The highest BCUT2D eigenvalue weighted by molar-refractivity contribution is 8.76. The lowest BCUT2D eigenvalue weighted by Crippen LogP contribution is -2.11. The molecule has 158 valence electrons. The average Bonchev–Trinajstić information content (AvgIpc) is 2.85. The summed E-state index contributed by atoms with van der Waals surface area (Å²) in [4.78, 5) is 26.6. The molecule has 0 radical (unpaired) electrons. The van der Waals surface area contributed by atoms with E-state index in [9.17, 15) is 9.59 Å². The van der Waals surface area contributed by atoms with Crippen molar-refractivity contribution in [1.29, 1.82) is 0 Å². The van der Waals surface area contributed by atoms with Crippen LogP contribution in [0.4, 0.5) is 11.4 Å². The van der Waals surface area contributed by atoms with Crippen molar-refractivity contribution in [1.82, 2.24) is 0 Å². The third-order valence-corrected chi connectivity index (χ3v) is 6.95. The lowest BCUT2D eigenvalue weighted by molar-refractivity contribution is 0.101. The molecule has 32 heavy (non-hydrogen) atoms. The Labute approximate surface area is 194 Å². The van der Waals surface area contributed by atoms with Gasteiger partial charge in [0.2, 0.25) is 0 Å². The molecule has 4 nitrogen and oxygen atoms in total. The molecule has 2 amide bonds. The van der Waals surface area contributed by atoms with E-state index in [2.05, 4.69) is 10.6 Å². The molecule has 0 fully saturated rings. The maximum atomic E-state index is 12.2. The third-order valence-electron chi connectivity index (χ3n) is 4.53. The summed E-state index contributed by atoms with van der Waals surface area (Å²) in [7, 11) is 3.26. The number of nitrogens with one attached hydrogen (secondary N) is 2. The number of anilines is 2. The number of carbonyl (C=O) groups is 2. The summed E-state index contributed by atoms with van der Waals surface area (Å²) in [6.45, 7) is 0. The van der Waals surface area contributed by atoms with Crippen LogP contribution in [0.2, 0.25) is 0 Å². The molecule has 0 bridgehead atoms. The Balaban J connectivity index is 1.28. The minimum absolute atomic E-state index is 0.125. The first kappa shape index (κ1) is 21.7. The van der Waals surface area contributed by atoms with Gasteiger partial charge in [-0.2, -0.15) is 0 Å². The Bertz CT molecular complexity index is 1080. The predicted octanol–water partition coefficient (Wildman–Crippen LogP) is 6.99. The number of carbonyl (C=O) groups excluding carboxylic acids is 2. The molecule has 0 unspecified atom stereocenters. The van der Waals surface area contributed by atoms with E-state index in [0.717, 1.165) is 21.2 Å². The fourth-order valence-electron chi connectivity index (χ4n) is 2.87. The van der Waals surface area contributed by atoms with Gasteiger partial charge in [-0.1, -0.05) is 58.0 Å². The molecule has 0 aliphatic carbocycles. The highest BCUT2D eigenvalue weighted by atomic mass is 33.1. The zero-order chi connectivity index (χ0) is 22.2. The first-order valence-corrected chi connectivity index (χ1v) is 12.1. The second-order valence-electron chi connectivity index (χ2n) is 6.86. The summed E-state index contributed by atoms with van der Waals surface area (Å²) in [6.07, 6.45) is 0. The van der Waals surface area contributed by atoms with Crippen LogP contribution < -0.4 is 10.6 Å². The van der Waals surface area contributed by atoms with Crippen LogP contribution in [0.25, 0.3) is 0 Å². The summed E-state index contributed by atoms with van der Waals surface area (Å²) in [6, 6.07) is 33.8. The van der Waals surface area contributed by atoms with Gasteiger partial charge < -0.3 is 10.6 Å². The molecule has 0 aliphatic heterocycles. The van der Waals surface area contributed by atoms with E-state index >= 15 is 0 Å². The van der Waals surface area contributed by atoms with Crippen LogP contribution in [0.3, 0.4) is 0 Å². The van der Waals surface area contributed by atoms with E-state index in [0.29, 0.717) is 11.1 Å². The minimum atomic E-state index is -0.125. The van der Waals surface area contributed by atoms with Crippen molar-refractivity contribution in [3.8, 4) is 0 Å². The maximum Gasteiger partial charge on any atom is 0.255 e. The zero-order valence-electron chi connectivity index (χ0n) is 17.0. The van der Waals surface area contributed by atoms with Crippen molar-refractivity contribution < 1.29 is 9.59 Å². The molecule has 0 atom stereocenters. The Morgan fingerprint density at radius 1 is 0.469 bits per heavy atom. The van der Waals surface area contributed by atoms with Gasteiger partial charge >= 0.3 is 0 Å². The number of hydrogen-bond donors (Lipinski definition) is 2. The van der Waals surface area contributed by atoms with Crippen LogP contribution in [0, 0.1) is 0 Å². The summed E-state index contributed by atoms with van der Waals surface area (Å²) >= 11 is 0. The molecule has 4 aromatic rings. The van der Waals surface area contributed by atoms with Crippen LogP contribution in [0.5, 0.6) is 0 Å². The molecule has 0 saturated carbocycles. The molecular formula is C26H20N2O2S2. The van der Waals surface area contributed by atoms with Gasteiger partial charge in [0, 0.05) is 32.3 Å². The van der Waals surface area contributed by atoms with Crippen LogP contribution in [-0.2, 0) is 0 Å². The lowest BCUT2D eigenvalue weighted by Gasteiger charge is -2.08. The molecule has 0 spiro atoms. The van der Waals surface area contributed by atoms with Crippen molar-refractivity contribution in [2.45, 2.75) is 9.79 Å². The normalized spacial score (nSPS) is 10.4. The van der Waals surface area contributed by atoms with Gasteiger partial charge in [-0.15, -0.1) is 0 Å². The molecular weight excluding hydrogens is 436 g/mol.